The van der Waals surface area contributed by atoms with Crippen LogP contribution in [-0.2, 0) is 9.63 Å². The zero-order chi connectivity index (χ0) is 24.8. The second-order valence-electron chi connectivity index (χ2n) is 8.29. The summed E-state index contributed by atoms with van der Waals surface area (Å²) in [5.41, 5.74) is 3.64. The molecule has 1 aliphatic heterocycles. The Bertz CT molecular complexity index is 1190. The van der Waals surface area contributed by atoms with Gasteiger partial charge in [-0.3, -0.25) is 9.59 Å². The topological polar surface area (TPSA) is 111 Å². The summed E-state index contributed by atoms with van der Waals surface area (Å²) in [6, 6.07) is 22.4. The summed E-state index contributed by atoms with van der Waals surface area (Å²) in [4.78, 5) is 32.7. The highest BCUT2D eigenvalue weighted by Crippen LogP contribution is 2.23. The van der Waals surface area contributed by atoms with E-state index >= 15 is 0 Å². The maximum absolute atomic E-state index is 13.3. The SMILES string of the molecule is CO/N=C1\CC(C(=O)NCC(O)c2ccc(O)cc2)N(C(=O)c2ccc(-c3ccccc3)cc2)C1. The molecule has 2 unspecified atom stereocenters. The lowest BCUT2D eigenvalue weighted by Gasteiger charge is -2.24. The van der Waals surface area contributed by atoms with Gasteiger partial charge in [0.2, 0.25) is 5.91 Å². The van der Waals surface area contributed by atoms with Gasteiger partial charge in [0.05, 0.1) is 18.4 Å². The van der Waals surface area contributed by atoms with Gasteiger partial charge in [-0.1, -0.05) is 59.8 Å². The molecule has 3 N–H and O–H groups in total. The number of aliphatic hydroxyl groups is 1. The minimum absolute atomic E-state index is 0.0370. The average molecular weight is 474 g/mol. The summed E-state index contributed by atoms with van der Waals surface area (Å²) in [5, 5.41) is 26.5. The molecule has 2 atom stereocenters. The van der Waals surface area contributed by atoms with Crippen LogP contribution in [0.5, 0.6) is 5.75 Å². The number of oxime groups is 1. The fourth-order valence-corrected chi connectivity index (χ4v) is 4.08. The van der Waals surface area contributed by atoms with Gasteiger partial charge in [-0.25, -0.2) is 0 Å². The van der Waals surface area contributed by atoms with Crippen LogP contribution in [0.4, 0.5) is 0 Å². The van der Waals surface area contributed by atoms with Crippen molar-refractivity contribution < 1.29 is 24.6 Å². The molecule has 8 heteroatoms. The van der Waals surface area contributed by atoms with E-state index in [0.29, 0.717) is 16.8 Å². The Morgan fingerprint density at radius 3 is 2.34 bits per heavy atom. The van der Waals surface area contributed by atoms with Crippen LogP contribution < -0.4 is 5.32 Å². The number of phenolic OH excluding ortho intramolecular Hbond substituents is 1. The van der Waals surface area contributed by atoms with Gasteiger partial charge >= 0.3 is 0 Å². The number of carbonyl (C=O) groups excluding carboxylic acids is 2. The Kier molecular flexibility index (Phi) is 7.42. The van der Waals surface area contributed by atoms with Crippen LogP contribution in [0.15, 0.2) is 84.0 Å². The smallest absolute Gasteiger partial charge is 0.254 e. The van der Waals surface area contributed by atoms with Gasteiger partial charge in [0, 0.05) is 18.5 Å². The fourth-order valence-electron chi connectivity index (χ4n) is 4.08. The second-order valence-corrected chi connectivity index (χ2v) is 8.29. The molecule has 0 spiro atoms. The third-order valence-electron chi connectivity index (χ3n) is 5.93. The summed E-state index contributed by atoms with van der Waals surface area (Å²) in [6.45, 7) is 0.135. The van der Waals surface area contributed by atoms with Crippen LogP contribution in [0.1, 0.15) is 28.4 Å². The van der Waals surface area contributed by atoms with E-state index < -0.39 is 18.1 Å². The van der Waals surface area contributed by atoms with Gasteiger partial charge in [-0.15, -0.1) is 0 Å². The number of rotatable bonds is 7. The Morgan fingerprint density at radius 2 is 1.69 bits per heavy atom. The summed E-state index contributed by atoms with van der Waals surface area (Å²) in [5.74, 6) is -0.588. The molecule has 1 saturated heterocycles. The van der Waals surface area contributed by atoms with Crippen molar-refractivity contribution in [3.05, 3.63) is 90.0 Å². The molecule has 1 aliphatic rings. The Morgan fingerprint density at radius 1 is 1.03 bits per heavy atom. The van der Waals surface area contributed by atoms with Crippen molar-refractivity contribution in [2.24, 2.45) is 5.16 Å². The lowest BCUT2D eigenvalue weighted by atomic mass is 10.0. The van der Waals surface area contributed by atoms with Crippen LogP contribution in [0.2, 0.25) is 0 Å². The zero-order valence-corrected chi connectivity index (χ0v) is 19.3. The van der Waals surface area contributed by atoms with E-state index in [1.807, 2.05) is 42.5 Å². The highest BCUT2D eigenvalue weighted by molar-refractivity contribution is 6.05. The van der Waals surface area contributed by atoms with Crippen molar-refractivity contribution in [1.82, 2.24) is 10.2 Å². The number of aliphatic hydroxyl groups excluding tert-OH is 1. The van der Waals surface area contributed by atoms with E-state index in [2.05, 4.69) is 10.5 Å². The van der Waals surface area contributed by atoms with E-state index in [0.717, 1.165) is 11.1 Å². The molecular weight excluding hydrogens is 446 g/mol. The molecule has 8 nitrogen and oxygen atoms in total. The first kappa shape index (κ1) is 24.0. The van der Waals surface area contributed by atoms with Gasteiger partial charge in [-0.2, -0.15) is 0 Å². The maximum atomic E-state index is 13.3. The maximum Gasteiger partial charge on any atom is 0.254 e. The Labute approximate surface area is 203 Å². The van der Waals surface area contributed by atoms with Crippen molar-refractivity contribution in [2.45, 2.75) is 18.6 Å². The fraction of sp³-hybridized carbons (Fsp3) is 0.222. The van der Waals surface area contributed by atoms with Crippen LogP contribution in [0.25, 0.3) is 11.1 Å². The molecule has 2 amide bonds. The van der Waals surface area contributed by atoms with E-state index in [1.54, 1.807) is 24.3 Å². The number of phenols is 1. The molecule has 3 aromatic rings. The third-order valence-corrected chi connectivity index (χ3v) is 5.93. The monoisotopic (exact) mass is 473 g/mol. The van der Waals surface area contributed by atoms with Crippen molar-refractivity contribution in [2.75, 3.05) is 20.2 Å². The quantitative estimate of drug-likeness (QED) is 0.457. The summed E-state index contributed by atoms with van der Waals surface area (Å²) in [7, 11) is 1.42. The second kappa shape index (κ2) is 10.8. The van der Waals surface area contributed by atoms with Crippen LogP contribution in [-0.4, -0.2) is 58.9 Å². The number of carbonyl (C=O) groups is 2. The summed E-state index contributed by atoms with van der Waals surface area (Å²) in [6.07, 6.45) is -0.717. The van der Waals surface area contributed by atoms with Gasteiger partial charge in [0.25, 0.3) is 5.91 Å². The molecule has 1 fully saturated rings. The van der Waals surface area contributed by atoms with Gasteiger partial charge in [-0.05, 0) is 41.0 Å². The average Bonchev–Trinajstić information content (AvgIpc) is 3.32. The predicted octanol–water partition coefficient (Wildman–Crippen LogP) is 3.13. The van der Waals surface area contributed by atoms with E-state index in [-0.39, 0.29) is 31.2 Å². The van der Waals surface area contributed by atoms with Gasteiger partial charge in [0.1, 0.15) is 18.9 Å². The molecule has 3 aromatic carbocycles. The molecule has 0 radical (unpaired) electrons. The number of nitrogens with one attached hydrogen (secondary N) is 1. The zero-order valence-electron chi connectivity index (χ0n) is 19.3. The largest absolute Gasteiger partial charge is 0.508 e. The number of nitrogens with zero attached hydrogens (tertiary/aromatic N) is 2. The highest BCUT2D eigenvalue weighted by Gasteiger charge is 2.38. The predicted molar refractivity (Wildman–Crippen MR) is 132 cm³/mol. The molecule has 1 heterocycles. The lowest BCUT2D eigenvalue weighted by molar-refractivity contribution is -0.125. The van der Waals surface area contributed by atoms with E-state index in [4.69, 9.17) is 4.84 Å². The number of likely N-dealkylation sites (tertiary alicyclic amines) is 1. The number of amides is 2. The highest BCUT2D eigenvalue weighted by atomic mass is 16.6. The number of aromatic hydroxyl groups is 1. The van der Waals surface area contributed by atoms with Gasteiger partial charge in [0.15, 0.2) is 0 Å². The summed E-state index contributed by atoms with van der Waals surface area (Å²) < 4.78 is 0. The minimum Gasteiger partial charge on any atom is -0.508 e. The summed E-state index contributed by atoms with van der Waals surface area (Å²) >= 11 is 0. The molecule has 0 saturated carbocycles. The van der Waals surface area contributed by atoms with E-state index in [9.17, 15) is 19.8 Å². The molecule has 0 bridgehead atoms. The minimum atomic E-state index is -0.956. The number of hydrogen-bond acceptors (Lipinski definition) is 6. The number of hydrogen-bond donors (Lipinski definition) is 3. The molecule has 4 rings (SSSR count). The molecule has 0 aromatic heterocycles. The normalized spacial score (nSPS) is 17.3. The molecule has 0 aliphatic carbocycles. The first-order chi connectivity index (χ1) is 17.0. The molecular formula is C27H27N3O5. The van der Waals surface area contributed by atoms with Crippen LogP contribution in [0.3, 0.4) is 0 Å². The van der Waals surface area contributed by atoms with Crippen LogP contribution >= 0.6 is 0 Å². The van der Waals surface area contributed by atoms with Gasteiger partial charge < -0.3 is 25.3 Å². The first-order valence-corrected chi connectivity index (χ1v) is 11.3. The number of benzene rings is 3. The van der Waals surface area contributed by atoms with Crippen molar-refractivity contribution in [1.29, 1.82) is 0 Å². The third kappa shape index (κ3) is 5.67. The standard InChI is InChI=1S/C27H27N3O5/c1-35-29-22-15-24(26(33)28-16-25(32)20-11-13-23(31)14-12-20)30(17-22)27(34)21-9-7-19(8-10-21)18-5-3-2-4-6-18/h2-14,24-25,31-32H,15-17H2,1H3,(H,28,33)/b29-22+. The first-order valence-electron chi connectivity index (χ1n) is 11.3. The Hall–Kier alpha value is -4.17. The lowest BCUT2D eigenvalue weighted by Crippen LogP contribution is -2.46. The van der Waals surface area contributed by atoms with Crippen LogP contribution in [0, 0.1) is 0 Å². The Balaban J connectivity index is 1.46. The molecule has 180 valence electrons. The van der Waals surface area contributed by atoms with Crippen molar-refractivity contribution in [3.8, 4) is 16.9 Å². The van der Waals surface area contributed by atoms with Crippen molar-refractivity contribution >= 4 is 17.5 Å². The van der Waals surface area contributed by atoms with Crippen molar-refractivity contribution in [3.63, 3.8) is 0 Å². The molecule has 35 heavy (non-hydrogen) atoms. The van der Waals surface area contributed by atoms with E-state index in [1.165, 1.54) is 24.1 Å².